The van der Waals surface area contributed by atoms with Gasteiger partial charge in [0.05, 0.1) is 15.7 Å². The second kappa shape index (κ2) is 8.13. The Morgan fingerprint density at radius 2 is 1.81 bits per heavy atom. The molecule has 3 rings (SSSR count). The monoisotopic (exact) mass is 525 g/mol. The van der Waals surface area contributed by atoms with Crippen molar-refractivity contribution in [2.24, 2.45) is 5.92 Å². The van der Waals surface area contributed by atoms with Gasteiger partial charge in [-0.05, 0) is 30.5 Å². The smallest absolute Gasteiger partial charge is 0.227 e. The van der Waals surface area contributed by atoms with E-state index in [0.717, 1.165) is 6.07 Å². The van der Waals surface area contributed by atoms with Crippen molar-refractivity contribution in [1.82, 2.24) is 0 Å². The molecule has 0 spiro atoms. The van der Waals surface area contributed by atoms with E-state index in [1.165, 1.54) is 12.1 Å². The molecule has 0 aromatic heterocycles. The molecule has 138 valence electrons. The van der Waals surface area contributed by atoms with Crippen LogP contribution in [0.1, 0.15) is 23.2 Å². The van der Waals surface area contributed by atoms with Crippen molar-refractivity contribution in [3.05, 3.63) is 62.0 Å². The van der Waals surface area contributed by atoms with Crippen molar-refractivity contribution in [3.63, 3.8) is 0 Å². The molecule has 1 saturated heterocycles. The molecule has 0 radical (unpaired) electrons. The quantitative estimate of drug-likeness (QED) is 0.397. The Hall–Kier alpha value is -0.690. The number of hydrogen-bond acceptors (Lipinski definition) is 1. The Kier molecular flexibility index (Phi) is 6.27. The van der Waals surface area contributed by atoms with E-state index < -0.39 is 11.6 Å². The lowest BCUT2D eigenvalue weighted by atomic mass is 9.90. The van der Waals surface area contributed by atoms with Gasteiger partial charge >= 0.3 is 0 Å². The Morgan fingerprint density at radius 3 is 2.42 bits per heavy atom. The largest absolute Gasteiger partial charge is 0.309 e. The first-order valence-electron chi connectivity index (χ1n) is 7.82. The van der Waals surface area contributed by atoms with Crippen LogP contribution in [0.4, 0.5) is 14.5 Å². The molecule has 1 aliphatic heterocycles. The van der Waals surface area contributed by atoms with Crippen LogP contribution < -0.4 is 4.90 Å². The van der Waals surface area contributed by atoms with Gasteiger partial charge in [-0.1, -0.05) is 61.1 Å². The van der Waals surface area contributed by atoms with Crippen molar-refractivity contribution in [2.75, 3.05) is 11.4 Å². The van der Waals surface area contributed by atoms with Crippen LogP contribution >= 0.6 is 55.1 Å². The van der Waals surface area contributed by atoms with Crippen LogP contribution in [-0.4, -0.2) is 12.5 Å². The topological polar surface area (TPSA) is 20.3 Å². The summed E-state index contributed by atoms with van der Waals surface area (Å²) in [5, 5.41) is 0.718. The van der Waals surface area contributed by atoms with Crippen molar-refractivity contribution in [3.8, 4) is 0 Å². The van der Waals surface area contributed by atoms with Crippen LogP contribution in [0, 0.1) is 17.6 Å². The summed E-state index contributed by atoms with van der Waals surface area (Å²) in [5.41, 5.74) is 0.809. The van der Waals surface area contributed by atoms with Crippen molar-refractivity contribution in [1.29, 1.82) is 0 Å². The molecule has 26 heavy (non-hydrogen) atoms. The predicted octanol–water partition coefficient (Wildman–Crippen LogP) is 6.91. The van der Waals surface area contributed by atoms with Crippen LogP contribution in [0.25, 0.3) is 0 Å². The minimum Gasteiger partial charge on any atom is -0.309 e. The number of carbonyl (C=O) groups excluding carboxylic acids is 1. The first-order chi connectivity index (χ1) is 12.3. The highest BCUT2D eigenvalue weighted by Crippen LogP contribution is 2.43. The normalized spacial score (nSPS) is 18.9. The zero-order chi connectivity index (χ0) is 19.0. The fourth-order valence-corrected chi connectivity index (χ4v) is 5.31. The average molecular weight is 528 g/mol. The summed E-state index contributed by atoms with van der Waals surface area (Å²) >= 11 is 19.4. The summed E-state index contributed by atoms with van der Waals surface area (Å²) in [4.78, 5) is 13.6. The van der Waals surface area contributed by atoms with Crippen LogP contribution in [0.2, 0.25) is 10.0 Å². The number of halogens is 6. The summed E-state index contributed by atoms with van der Waals surface area (Å²) in [6.07, 6.45) is 0.867. The van der Waals surface area contributed by atoms with Crippen molar-refractivity contribution in [2.45, 2.75) is 17.7 Å². The molecule has 1 aliphatic rings. The molecule has 1 fully saturated rings. The van der Waals surface area contributed by atoms with Gasteiger partial charge in [-0.15, -0.1) is 0 Å². The Morgan fingerprint density at radius 1 is 1.15 bits per heavy atom. The van der Waals surface area contributed by atoms with Crippen LogP contribution in [0.3, 0.4) is 0 Å². The summed E-state index contributed by atoms with van der Waals surface area (Å²) < 4.78 is 28.0. The van der Waals surface area contributed by atoms with Gasteiger partial charge in [0.25, 0.3) is 0 Å². The third-order valence-corrected chi connectivity index (χ3v) is 6.65. The van der Waals surface area contributed by atoms with Gasteiger partial charge in [-0.3, -0.25) is 4.79 Å². The number of amides is 1. The molecule has 2 aromatic carbocycles. The fraction of sp³-hybridized carbons (Fsp3) is 0.278. The molecule has 2 atom stereocenters. The van der Waals surface area contributed by atoms with E-state index in [0.29, 0.717) is 38.7 Å². The summed E-state index contributed by atoms with van der Waals surface area (Å²) in [6, 6.07) is 6.85. The molecule has 2 aromatic rings. The van der Waals surface area contributed by atoms with E-state index in [1.807, 2.05) is 0 Å². The maximum Gasteiger partial charge on any atom is 0.227 e. The first-order valence-corrected chi connectivity index (χ1v) is 10.3. The molecule has 0 saturated carbocycles. The van der Waals surface area contributed by atoms with E-state index in [2.05, 4.69) is 31.9 Å². The van der Waals surface area contributed by atoms with E-state index in [1.54, 1.807) is 17.0 Å². The molecule has 8 heteroatoms. The fourth-order valence-electron chi connectivity index (χ4n) is 3.10. The number of piperidine rings is 1. The van der Waals surface area contributed by atoms with Gasteiger partial charge in [0, 0.05) is 33.9 Å². The third-order valence-electron chi connectivity index (χ3n) is 4.37. The second-order valence-corrected chi connectivity index (χ2v) is 8.81. The Labute approximate surface area is 176 Å². The number of anilines is 1. The van der Waals surface area contributed by atoms with Crippen LogP contribution in [0.5, 0.6) is 0 Å². The number of rotatable bonds is 3. The molecule has 0 bridgehead atoms. The predicted molar refractivity (Wildman–Crippen MR) is 107 cm³/mol. The minimum absolute atomic E-state index is 0.0801. The van der Waals surface area contributed by atoms with Gasteiger partial charge in [-0.2, -0.15) is 0 Å². The molecule has 0 N–H and O–H groups in total. The lowest BCUT2D eigenvalue weighted by molar-refractivity contribution is -0.120. The van der Waals surface area contributed by atoms with Gasteiger partial charge in [-0.25, -0.2) is 8.78 Å². The van der Waals surface area contributed by atoms with Crippen LogP contribution in [-0.2, 0) is 4.79 Å². The third kappa shape index (κ3) is 4.08. The van der Waals surface area contributed by atoms with E-state index in [-0.39, 0.29) is 23.1 Å². The van der Waals surface area contributed by atoms with Crippen molar-refractivity contribution >= 4 is 66.7 Å². The molecule has 0 aliphatic carbocycles. The molecule has 0 unspecified atom stereocenters. The van der Waals surface area contributed by atoms with E-state index in [4.69, 9.17) is 23.2 Å². The Bertz CT molecular complexity index is 842. The van der Waals surface area contributed by atoms with Gasteiger partial charge in [0.15, 0.2) is 0 Å². The molecular formula is C18H13Br2Cl2F2NO. The molecular weight excluding hydrogens is 515 g/mol. The maximum atomic E-state index is 14.1. The molecule has 2 nitrogen and oxygen atoms in total. The maximum absolute atomic E-state index is 14.1. The zero-order valence-electron chi connectivity index (χ0n) is 13.3. The SMILES string of the molecule is O=C1CC[C@H]([C@@H](Br)c2ccc(F)cc2F)CN1c1c(Cl)cc(Br)cc1Cl. The van der Waals surface area contributed by atoms with Gasteiger partial charge < -0.3 is 4.90 Å². The van der Waals surface area contributed by atoms with E-state index >= 15 is 0 Å². The average Bonchev–Trinajstić information content (AvgIpc) is 2.55. The van der Waals surface area contributed by atoms with Gasteiger partial charge in [0.2, 0.25) is 5.91 Å². The lowest BCUT2D eigenvalue weighted by Gasteiger charge is -2.36. The second-order valence-electron chi connectivity index (χ2n) is 6.09. The van der Waals surface area contributed by atoms with Gasteiger partial charge in [0.1, 0.15) is 11.6 Å². The van der Waals surface area contributed by atoms with Crippen LogP contribution in [0.15, 0.2) is 34.8 Å². The summed E-state index contributed by atoms with van der Waals surface area (Å²) in [6.45, 7) is 0.326. The molecule has 1 amide bonds. The highest BCUT2D eigenvalue weighted by Gasteiger charge is 2.34. The minimum atomic E-state index is -0.625. The number of carbonyl (C=O) groups is 1. The standard InChI is InChI=1S/C18H13Br2Cl2F2NO/c19-10-5-13(21)18(14(22)6-10)25-8-9(1-4-16(25)26)17(20)12-3-2-11(23)7-15(12)24/h2-3,5-7,9,17H,1,4,8H2/t9-,17+/m0/s1. The zero-order valence-corrected chi connectivity index (χ0v) is 18.0. The highest BCUT2D eigenvalue weighted by molar-refractivity contribution is 9.10. The summed E-state index contributed by atoms with van der Waals surface area (Å²) in [5.74, 6) is -1.41. The number of benzene rings is 2. The number of hydrogen-bond donors (Lipinski definition) is 0. The van der Waals surface area contributed by atoms with E-state index in [9.17, 15) is 13.6 Å². The van der Waals surface area contributed by atoms with Crippen molar-refractivity contribution < 1.29 is 13.6 Å². The summed E-state index contributed by atoms with van der Waals surface area (Å²) in [7, 11) is 0. The molecule has 1 heterocycles. The Balaban J connectivity index is 1.90. The number of nitrogens with zero attached hydrogens (tertiary/aromatic N) is 1. The first kappa shape index (κ1) is 20.1. The lowest BCUT2D eigenvalue weighted by Crippen LogP contribution is -2.41. The highest BCUT2D eigenvalue weighted by atomic mass is 79.9. The number of alkyl halides is 1.